The first kappa shape index (κ1) is 16.2. The van der Waals surface area contributed by atoms with Gasteiger partial charge in [0.2, 0.25) is 5.91 Å². The van der Waals surface area contributed by atoms with Crippen molar-refractivity contribution >= 4 is 5.91 Å². The van der Waals surface area contributed by atoms with Crippen LogP contribution in [0.25, 0.3) is 0 Å². The van der Waals surface area contributed by atoms with Gasteiger partial charge in [0.25, 0.3) is 0 Å². The fraction of sp³-hybridized carbons (Fsp3) is 0.917. The summed E-state index contributed by atoms with van der Waals surface area (Å²) in [6.45, 7) is 5.66. The zero-order valence-electron chi connectivity index (χ0n) is 11.5. The first-order valence-corrected chi connectivity index (χ1v) is 6.62. The van der Waals surface area contributed by atoms with Crippen molar-refractivity contribution in [3.63, 3.8) is 0 Å². The summed E-state index contributed by atoms with van der Waals surface area (Å²) in [5.74, 6) is -0.256. The maximum absolute atomic E-state index is 11.9. The molecule has 1 amide bonds. The molecule has 19 heavy (non-hydrogen) atoms. The Kier molecular flexibility index (Phi) is 6.06. The summed E-state index contributed by atoms with van der Waals surface area (Å²) in [5.41, 5.74) is 0. The molecule has 1 fully saturated rings. The number of alkyl halides is 3. The molecular weight excluding hydrogens is 259 g/mol. The largest absolute Gasteiger partial charge is 0.401 e. The highest BCUT2D eigenvalue weighted by atomic mass is 19.4. The molecule has 0 aliphatic carbocycles. The summed E-state index contributed by atoms with van der Waals surface area (Å²) < 4.78 is 35.8. The third-order valence-electron chi connectivity index (χ3n) is 3.48. The Hall–Kier alpha value is -0.820. The van der Waals surface area contributed by atoms with Crippen molar-refractivity contribution in [2.24, 2.45) is 0 Å². The van der Waals surface area contributed by atoms with E-state index in [1.165, 1.54) is 0 Å². The number of piperazine rings is 1. The normalized spacial score (nSPS) is 19.5. The van der Waals surface area contributed by atoms with E-state index in [2.05, 4.69) is 24.1 Å². The fourth-order valence-corrected chi connectivity index (χ4v) is 2.09. The summed E-state index contributed by atoms with van der Waals surface area (Å²) in [7, 11) is 0. The van der Waals surface area contributed by atoms with Gasteiger partial charge in [-0.25, -0.2) is 0 Å². The number of nitrogens with zero attached hydrogens (tertiary/aromatic N) is 2. The lowest BCUT2D eigenvalue weighted by atomic mass is 10.2. The minimum absolute atomic E-state index is 0.247. The molecule has 1 heterocycles. The van der Waals surface area contributed by atoms with E-state index in [0.29, 0.717) is 19.1 Å². The Bertz CT molecular complexity index is 288. The molecule has 0 bridgehead atoms. The minimum Gasteiger partial charge on any atom is -0.339 e. The summed E-state index contributed by atoms with van der Waals surface area (Å²) in [4.78, 5) is 15.6. The number of amides is 1. The summed E-state index contributed by atoms with van der Waals surface area (Å²) in [6.07, 6.45) is -3.21. The van der Waals surface area contributed by atoms with Crippen LogP contribution in [0.4, 0.5) is 13.2 Å². The first-order valence-electron chi connectivity index (χ1n) is 6.62. The second-order valence-corrected chi connectivity index (χ2v) is 4.89. The smallest absolute Gasteiger partial charge is 0.339 e. The van der Waals surface area contributed by atoms with Gasteiger partial charge in [-0.2, -0.15) is 13.2 Å². The van der Waals surface area contributed by atoms with Gasteiger partial charge in [0.05, 0.1) is 13.1 Å². The van der Waals surface area contributed by atoms with Crippen LogP contribution < -0.4 is 5.32 Å². The van der Waals surface area contributed by atoms with Crippen LogP contribution in [-0.2, 0) is 4.79 Å². The maximum Gasteiger partial charge on any atom is 0.401 e. The highest BCUT2D eigenvalue weighted by molar-refractivity contribution is 5.78. The average Bonchev–Trinajstić information content (AvgIpc) is 2.36. The molecule has 1 saturated heterocycles. The molecule has 7 heteroatoms. The summed E-state index contributed by atoms with van der Waals surface area (Å²) >= 11 is 0. The molecule has 0 saturated carbocycles. The van der Waals surface area contributed by atoms with Crippen LogP contribution in [-0.4, -0.2) is 67.2 Å². The molecule has 0 aromatic rings. The van der Waals surface area contributed by atoms with Gasteiger partial charge in [0.15, 0.2) is 0 Å². The van der Waals surface area contributed by atoms with E-state index in [9.17, 15) is 18.0 Å². The predicted molar refractivity (Wildman–Crippen MR) is 66.8 cm³/mol. The fourth-order valence-electron chi connectivity index (χ4n) is 2.09. The molecule has 1 N–H and O–H groups in total. The second kappa shape index (κ2) is 7.09. The van der Waals surface area contributed by atoms with E-state index < -0.39 is 12.7 Å². The van der Waals surface area contributed by atoms with Crippen molar-refractivity contribution in [3.05, 3.63) is 0 Å². The molecule has 1 atom stereocenters. The van der Waals surface area contributed by atoms with Gasteiger partial charge >= 0.3 is 6.18 Å². The third-order valence-corrected chi connectivity index (χ3v) is 3.48. The van der Waals surface area contributed by atoms with Gasteiger partial charge in [-0.05, 0) is 13.3 Å². The zero-order chi connectivity index (χ0) is 14.5. The highest BCUT2D eigenvalue weighted by Gasteiger charge is 2.28. The Morgan fingerprint density at radius 2 is 1.84 bits per heavy atom. The molecular formula is C12H22F3N3O. The van der Waals surface area contributed by atoms with E-state index in [0.717, 1.165) is 19.5 Å². The van der Waals surface area contributed by atoms with Crippen molar-refractivity contribution in [1.29, 1.82) is 0 Å². The lowest BCUT2D eigenvalue weighted by Crippen LogP contribution is -2.53. The number of hydrogen-bond donors (Lipinski definition) is 1. The van der Waals surface area contributed by atoms with Gasteiger partial charge in [-0.1, -0.05) is 6.92 Å². The molecule has 1 rings (SSSR count). The van der Waals surface area contributed by atoms with E-state index in [-0.39, 0.29) is 12.5 Å². The second-order valence-electron chi connectivity index (χ2n) is 4.89. The van der Waals surface area contributed by atoms with Gasteiger partial charge in [0.1, 0.15) is 0 Å². The number of hydrogen-bond acceptors (Lipinski definition) is 3. The number of carbonyl (C=O) groups excluding carboxylic acids is 1. The van der Waals surface area contributed by atoms with Crippen LogP contribution in [0.3, 0.4) is 0 Å². The number of rotatable bonds is 5. The van der Waals surface area contributed by atoms with Crippen LogP contribution in [0.2, 0.25) is 0 Å². The first-order chi connectivity index (χ1) is 8.83. The van der Waals surface area contributed by atoms with Gasteiger partial charge in [-0.3, -0.25) is 9.69 Å². The maximum atomic E-state index is 11.9. The van der Waals surface area contributed by atoms with Crippen molar-refractivity contribution in [1.82, 2.24) is 15.1 Å². The predicted octanol–water partition coefficient (Wildman–Crippen LogP) is 1.08. The molecule has 0 radical (unpaired) electrons. The van der Waals surface area contributed by atoms with Gasteiger partial charge in [-0.15, -0.1) is 0 Å². The quantitative estimate of drug-likeness (QED) is 0.819. The van der Waals surface area contributed by atoms with Crippen molar-refractivity contribution in [2.45, 2.75) is 32.5 Å². The van der Waals surface area contributed by atoms with Crippen LogP contribution in [0.1, 0.15) is 20.3 Å². The molecule has 0 aromatic heterocycles. The molecule has 0 spiro atoms. The van der Waals surface area contributed by atoms with Crippen molar-refractivity contribution in [3.8, 4) is 0 Å². The number of carbonyl (C=O) groups is 1. The van der Waals surface area contributed by atoms with Crippen LogP contribution in [0, 0.1) is 0 Å². The lowest BCUT2D eigenvalue weighted by molar-refractivity contribution is -0.135. The monoisotopic (exact) mass is 281 g/mol. The van der Waals surface area contributed by atoms with Gasteiger partial charge in [0, 0.05) is 32.2 Å². The van der Waals surface area contributed by atoms with Crippen LogP contribution >= 0.6 is 0 Å². The molecule has 1 unspecified atom stereocenters. The molecule has 112 valence electrons. The number of halogens is 3. The van der Waals surface area contributed by atoms with E-state index in [1.54, 1.807) is 4.90 Å². The van der Waals surface area contributed by atoms with E-state index in [1.807, 2.05) is 0 Å². The molecule has 4 nitrogen and oxygen atoms in total. The number of nitrogens with one attached hydrogen (secondary N) is 1. The van der Waals surface area contributed by atoms with Crippen molar-refractivity contribution < 1.29 is 18.0 Å². The Labute approximate surface area is 111 Å². The van der Waals surface area contributed by atoms with E-state index in [4.69, 9.17) is 0 Å². The zero-order valence-corrected chi connectivity index (χ0v) is 11.5. The Balaban J connectivity index is 2.25. The summed E-state index contributed by atoms with van der Waals surface area (Å²) in [6, 6.07) is 0.487. The third kappa shape index (κ3) is 5.78. The standard InChI is InChI=1S/C12H22F3N3O/c1-3-10(2)17-4-6-18(7-5-17)11(19)8-16-9-12(13,14)15/h10,16H,3-9H2,1-2H3. The van der Waals surface area contributed by atoms with Gasteiger partial charge < -0.3 is 10.2 Å². The topological polar surface area (TPSA) is 35.6 Å². The Morgan fingerprint density at radius 3 is 2.32 bits per heavy atom. The SMILES string of the molecule is CCC(C)N1CCN(C(=O)CNCC(F)(F)F)CC1. The van der Waals surface area contributed by atoms with E-state index >= 15 is 0 Å². The lowest BCUT2D eigenvalue weighted by Gasteiger charge is -2.37. The van der Waals surface area contributed by atoms with Crippen molar-refractivity contribution in [2.75, 3.05) is 39.3 Å². The summed E-state index contributed by atoms with van der Waals surface area (Å²) in [5, 5.41) is 2.14. The minimum atomic E-state index is -4.27. The average molecular weight is 281 g/mol. The molecule has 0 aromatic carbocycles. The molecule has 1 aliphatic rings. The van der Waals surface area contributed by atoms with Crippen LogP contribution in [0.15, 0.2) is 0 Å². The highest BCUT2D eigenvalue weighted by Crippen LogP contribution is 2.12. The van der Waals surface area contributed by atoms with Crippen LogP contribution in [0.5, 0.6) is 0 Å². The molecule has 1 aliphatic heterocycles. The Morgan fingerprint density at radius 1 is 1.26 bits per heavy atom.